The molecule has 1 aromatic carbocycles. The number of para-hydroxylation sites is 1. The van der Waals surface area contributed by atoms with Gasteiger partial charge in [-0.1, -0.05) is 18.2 Å². The number of carbonyl (C=O) groups is 3. The Labute approximate surface area is 158 Å². The van der Waals surface area contributed by atoms with E-state index in [4.69, 9.17) is 10.5 Å². The summed E-state index contributed by atoms with van der Waals surface area (Å²) in [5, 5.41) is 0. The van der Waals surface area contributed by atoms with E-state index in [2.05, 4.69) is 0 Å². The molecule has 144 valence electrons. The highest BCUT2D eigenvalue weighted by Gasteiger charge is 2.21. The summed E-state index contributed by atoms with van der Waals surface area (Å²) in [5.74, 6) is -1.47. The summed E-state index contributed by atoms with van der Waals surface area (Å²) >= 11 is 0. The number of amides is 2. The van der Waals surface area contributed by atoms with Gasteiger partial charge in [0.15, 0.2) is 6.61 Å². The van der Waals surface area contributed by atoms with Gasteiger partial charge in [-0.15, -0.1) is 0 Å². The zero-order valence-electron chi connectivity index (χ0n) is 15.9. The van der Waals surface area contributed by atoms with Gasteiger partial charge in [-0.3, -0.25) is 9.59 Å². The Morgan fingerprint density at radius 2 is 1.81 bits per heavy atom. The first-order valence-corrected chi connectivity index (χ1v) is 8.82. The number of nitrogens with two attached hydrogens (primary N) is 1. The van der Waals surface area contributed by atoms with E-state index in [1.165, 1.54) is 4.90 Å². The molecule has 7 heteroatoms. The number of esters is 1. The number of ether oxygens (including phenoxy) is 1. The van der Waals surface area contributed by atoms with Crippen molar-refractivity contribution in [1.29, 1.82) is 0 Å². The first-order chi connectivity index (χ1) is 12.8. The van der Waals surface area contributed by atoms with E-state index in [1.807, 2.05) is 31.4 Å². The van der Waals surface area contributed by atoms with Crippen molar-refractivity contribution in [2.45, 2.75) is 33.7 Å². The van der Waals surface area contributed by atoms with Crippen molar-refractivity contribution < 1.29 is 19.1 Å². The van der Waals surface area contributed by atoms with Gasteiger partial charge in [0.05, 0.1) is 5.56 Å². The van der Waals surface area contributed by atoms with Crippen molar-refractivity contribution in [2.75, 3.05) is 18.1 Å². The quantitative estimate of drug-likeness (QED) is 0.720. The molecule has 0 saturated carbocycles. The van der Waals surface area contributed by atoms with E-state index in [-0.39, 0.29) is 13.0 Å². The molecule has 0 aliphatic carbocycles. The van der Waals surface area contributed by atoms with Crippen molar-refractivity contribution in [3.63, 3.8) is 0 Å². The van der Waals surface area contributed by atoms with Crippen LogP contribution in [0.5, 0.6) is 0 Å². The van der Waals surface area contributed by atoms with Crippen LogP contribution >= 0.6 is 0 Å². The Morgan fingerprint density at radius 3 is 2.37 bits per heavy atom. The molecule has 0 radical (unpaired) electrons. The number of benzene rings is 1. The minimum Gasteiger partial charge on any atom is -0.452 e. The summed E-state index contributed by atoms with van der Waals surface area (Å²) in [6.45, 7) is 6.22. The van der Waals surface area contributed by atoms with Gasteiger partial charge in [0.1, 0.15) is 0 Å². The van der Waals surface area contributed by atoms with Crippen molar-refractivity contribution >= 4 is 23.5 Å². The van der Waals surface area contributed by atoms with Crippen LogP contribution in [-0.2, 0) is 20.9 Å². The lowest BCUT2D eigenvalue weighted by Crippen LogP contribution is -2.37. The number of hydrogen-bond donors (Lipinski definition) is 1. The van der Waals surface area contributed by atoms with Gasteiger partial charge < -0.3 is 19.9 Å². The largest absolute Gasteiger partial charge is 0.452 e. The Bertz CT molecular complexity index is 827. The zero-order valence-corrected chi connectivity index (χ0v) is 15.9. The van der Waals surface area contributed by atoms with Gasteiger partial charge in [0.25, 0.3) is 5.91 Å². The second kappa shape index (κ2) is 9.02. The Balaban J connectivity index is 2.08. The molecule has 27 heavy (non-hydrogen) atoms. The van der Waals surface area contributed by atoms with Gasteiger partial charge in [-0.25, -0.2) is 4.79 Å². The number of carbonyl (C=O) groups excluding carboxylic acids is 3. The smallest absolute Gasteiger partial charge is 0.340 e. The van der Waals surface area contributed by atoms with Crippen molar-refractivity contribution in [3.05, 3.63) is 53.3 Å². The summed E-state index contributed by atoms with van der Waals surface area (Å²) in [6, 6.07) is 10.6. The van der Waals surface area contributed by atoms with Crippen LogP contribution in [0.2, 0.25) is 0 Å². The normalized spacial score (nSPS) is 10.5. The maximum Gasteiger partial charge on any atom is 0.340 e. The SMILES string of the molecule is CCn1c(C)cc(C(=O)OCC(=O)N(CCC(N)=O)c2ccccc2)c1C. The second-order valence-corrected chi connectivity index (χ2v) is 6.20. The molecule has 0 fully saturated rings. The van der Waals surface area contributed by atoms with E-state index in [9.17, 15) is 14.4 Å². The van der Waals surface area contributed by atoms with Gasteiger partial charge >= 0.3 is 5.97 Å². The summed E-state index contributed by atoms with van der Waals surface area (Å²) in [4.78, 5) is 37.5. The second-order valence-electron chi connectivity index (χ2n) is 6.20. The number of hydrogen-bond acceptors (Lipinski definition) is 4. The highest BCUT2D eigenvalue weighted by Crippen LogP contribution is 2.17. The maximum absolute atomic E-state index is 12.6. The predicted octanol–water partition coefficient (Wildman–Crippen LogP) is 2.19. The average Bonchev–Trinajstić information content (AvgIpc) is 2.94. The Kier molecular flexibility index (Phi) is 6.76. The lowest BCUT2D eigenvalue weighted by Gasteiger charge is -2.22. The number of aromatic nitrogens is 1. The van der Waals surface area contributed by atoms with Crippen LogP contribution in [0.25, 0.3) is 0 Å². The van der Waals surface area contributed by atoms with E-state index < -0.39 is 24.4 Å². The zero-order chi connectivity index (χ0) is 20.0. The molecule has 0 bridgehead atoms. The molecular weight excluding hydrogens is 346 g/mol. The van der Waals surface area contributed by atoms with Crippen molar-refractivity contribution in [1.82, 2.24) is 4.57 Å². The van der Waals surface area contributed by atoms with Crippen LogP contribution in [0.1, 0.15) is 35.1 Å². The molecule has 2 N–H and O–H groups in total. The van der Waals surface area contributed by atoms with Gasteiger partial charge in [0, 0.05) is 36.6 Å². The lowest BCUT2D eigenvalue weighted by molar-refractivity contribution is -0.121. The molecule has 0 aliphatic rings. The summed E-state index contributed by atoms with van der Waals surface area (Å²) in [6.07, 6.45) is 0.0201. The Hall–Kier alpha value is -3.09. The summed E-state index contributed by atoms with van der Waals surface area (Å²) < 4.78 is 7.23. The third-order valence-corrected chi connectivity index (χ3v) is 4.39. The average molecular weight is 371 g/mol. The van der Waals surface area contributed by atoms with E-state index in [0.29, 0.717) is 11.3 Å². The third-order valence-electron chi connectivity index (χ3n) is 4.39. The number of rotatable bonds is 8. The molecule has 2 amide bonds. The maximum atomic E-state index is 12.6. The van der Waals surface area contributed by atoms with E-state index in [0.717, 1.165) is 17.9 Å². The van der Waals surface area contributed by atoms with Crippen LogP contribution in [0.4, 0.5) is 5.69 Å². The molecule has 0 spiro atoms. The fraction of sp³-hybridized carbons (Fsp3) is 0.350. The van der Waals surface area contributed by atoms with Crippen LogP contribution in [-0.4, -0.2) is 35.5 Å². The molecule has 2 aromatic rings. The number of primary amides is 1. The van der Waals surface area contributed by atoms with Crippen molar-refractivity contribution in [3.8, 4) is 0 Å². The van der Waals surface area contributed by atoms with Crippen LogP contribution < -0.4 is 10.6 Å². The highest BCUT2D eigenvalue weighted by atomic mass is 16.5. The van der Waals surface area contributed by atoms with Gasteiger partial charge in [0.2, 0.25) is 5.91 Å². The minimum atomic E-state index is -0.543. The molecule has 1 aromatic heterocycles. The lowest BCUT2D eigenvalue weighted by atomic mass is 10.2. The first-order valence-electron chi connectivity index (χ1n) is 8.82. The summed E-state index contributed by atoms with van der Waals surface area (Å²) in [7, 11) is 0. The highest BCUT2D eigenvalue weighted by molar-refractivity contribution is 5.98. The number of anilines is 1. The minimum absolute atomic E-state index is 0.0201. The molecule has 0 atom stereocenters. The molecule has 0 saturated heterocycles. The van der Waals surface area contributed by atoms with Crippen LogP contribution in [0, 0.1) is 13.8 Å². The molecule has 0 unspecified atom stereocenters. The van der Waals surface area contributed by atoms with Crippen molar-refractivity contribution in [2.24, 2.45) is 5.73 Å². The van der Waals surface area contributed by atoms with E-state index >= 15 is 0 Å². The fourth-order valence-corrected chi connectivity index (χ4v) is 3.01. The van der Waals surface area contributed by atoms with Crippen LogP contribution in [0.3, 0.4) is 0 Å². The first kappa shape index (κ1) is 20.2. The molecule has 0 aliphatic heterocycles. The topological polar surface area (TPSA) is 94.6 Å². The molecule has 2 rings (SSSR count). The molecule has 1 heterocycles. The van der Waals surface area contributed by atoms with Crippen LogP contribution in [0.15, 0.2) is 36.4 Å². The predicted molar refractivity (Wildman–Crippen MR) is 102 cm³/mol. The summed E-state index contributed by atoms with van der Waals surface area (Å²) in [5.41, 5.74) is 8.03. The number of aryl methyl sites for hydroxylation is 1. The Morgan fingerprint density at radius 1 is 1.15 bits per heavy atom. The molecular formula is C20H25N3O4. The fourth-order valence-electron chi connectivity index (χ4n) is 3.01. The molecule has 7 nitrogen and oxygen atoms in total. The third kappa shape index (κ3) is 4.97. The number of nitrogens with zero attached hydrogens (tertiary/aromatic N) is 2. The standard InChI is InChI=1S/C20H25N3O4/c1-4-22-14(2)12-17(15(22)3)20(26)27-13-19(25)23(11-10-18(21)24)16-8-6-5-7-9-16/h5-9,12H,4,10-11,13H2,1-3H3,(H2,21,24). The van der Waals surface area contributed by atoms with Gasteiger partial charge in [-0.2, -0.15) is 0 Å². The van der Waals surface area contributed by atoms with Gasteiger partial charge in [-0.05, 0) is 39.0 Å². The van der Waals surface area contributed by atoms with E-state index in [1.54, 1.807) is 30.3 Å². The monoisotopic (exact) mass is 371 g/mol.